The van der Waals surface area contributed by atoms with Crippen LogP contribution in [0.2, 0.25) is 0 Å². The topological polar surface area (TPSA) is 85.6 Å². The van der Waals surface area contributed by atoms with Gasteiger partial charge in [-0.3, -0.25) is 10.1 Å². The summed E-state index contributed by atoms with van der Waals surface area (Å²) in [5.74, 6) is 0.573. The average Bonchev–Trinajstić information content (AvgIpc) is 3.14. The summed E-state index contributed by atoms with van der Waals surface area (Å²) in [5.41, 5.74) is 3.91. The first-order valence-corrected chi connectivity index (χ1v) is 9.57. The zero-order valence-corrected chi connectivity index (χ0v) is 16.0. The van der Waals surface area contributed by atoms with Crippen LogP contribution in [0.25, 0.3) is 5.69 Å². The van der Waals surface area contributed by atoms with Gasteiger partial charge in [-0.2, -0.15) is 9.90 Å². The van der Waals surface area contributed by atoms with Gasteiger partial charge < -0.3 is 0 Å². The summed E-state index contributed by atoms with van der Waals surface area (Å²) in [5, 5.41) is 19.9. The second kappa shape index (κ2) is 7.32. The zero-order valence-electron chi connectivity index (χ0n) is 14.4. The van der Waals surface area contributed by atoms with Gasteiger partial charge in [0.1, 0.15) is 0 Å². The lowest BCUT2D eigenvalue weighted by Crippen LogP contribution is -2.14. The third-order valence-corrected chi connectivity index (χ3v) is 5.31. The van der Waals surface area contributed by atoms with Gasteiger partial charge in [-0.1, -0.05) is 47.7 Å². The molecule has 130 valence electrons. The Labute approximate surface area is 153 Å². The standard InChI is InChI=1S/C16H18N6OS2/c1-5-24-16-19-18-15(25-16)17-14(23)13-11(4)20-22(21-13)12-7-6-9(2)8-10(12)3/h6-8H,5H2,1-4H3,(H,17,18,23). The molecular weight excluding hydrogens is 356 g/mol. The second-order valence-corrected chi connectivity index (χ2v) is 7.96. The highest BCUT2D eigenvalue weighted by molar-refractivity contribution is 8.01. The monoisotopic (exact) mass is 374 g/mol. The Morgan fingerprint density at radius 1 is 1.24 bits per heavy atom. The lowest BCUT2D eigenvalue weighted by atomic mass is 10.1. The first kappa shape index (κ1) is 17.6. The molecular formula is C16H18N6OS2. The SMILES string of the molecule is CCSc1nnc(NC(=O)c2nn(-c3ccc(C)cc3C)nc2C)s1. The van der Waals surface area contributed by atoms with Crippen LogP contribution >= 0.6 is 23.1 Å². The minimum Gasteiger partial charge on any atom is -0.295 e. The van der Waals surface area contributed by atoms with Crippen LogP contribution in [-0.4, -0.2) is 36.9 Å². The van der Waals surface area contributed by atoms with Crippen molar-refractivity contribution in [2.24, 2.45) is 0 Å². The molecule has 1 N–H and O–H groups in total. The molecule has 9 heteroatoms. The van der Waals surface area contributed by atoms with Gasteiger partial charge in [0.2, 0.25) is 5.13 Å². The van der Waals surface area contributed by atoms with Crippen LogP contribution in [0.1, 0.15) is 34.2 Å². The number of carbonyl (C=O) groups excluding carboxylic acids is 1. The van der Waals surface area contributed by atoms with Crippen LogP contribution < -0.4 is 5.32 Å². The minimum absolute atomic E-state index is 0.278. The quantitative estimate of drug-likeness (QED) is 0.544. The number of benzene rings is 1. The van der Waals surface area contributed by atoms with Crippen molar-refractivity contribution in [3.63, 3.8) is 0 Å². The largest absolute Gasteiger partial charge is 0.295 e. The van der Waals surface area contributed by atoms with E-state index in [0.717, 1.165) is 21.3 Å². The summed E-state index contributed by atoms with van der Waals surface area (Å²) in [6.45, 7) is 7.83. The van der Waals surface area contributed by atoms with E-state index in [-0.39, 0.29) is 11.6 Å². The van der Waals surface area contributed by atoms with Crippen LogP contribution in [0.15, 0.2) is 22.5 Å². The molecule has 7 nitrogen and oxygen atoms in total. The Morgan fingerprint density at radius 2 is 2.04 bits per heavy atom. The van der Waals surface area contributed by atoms with Gasteiger partial charge in [0, 0.05) is 0 Å². The van der Waals surface area contributed by atoms with Crippen molar-refractivity contribution in [2.75, 3.05) is 11.1 Å². The molecule has 3 rings (SSSR count). The van der Waals surface area contributed by atoms with E-state index in [1.165, 1.54) is 21.7 Å². The fourth-order valence-corrected chi connectivity index (χ4v) is 3.97. The molecule has 2 heterocycles. The molecule has 2 aromatic heterocycles. The van der Waals surface area contributed by atoms with Gasteiger partial charge in [0.05, 0.1) is 11.4 Å². The number of aromatic nitrogens is 5. The molecule has 25 heavy (non-hydrogen) atoms. The lowest BCUT2D eigenvalue weighted by Gasteiger charge is -2.04. The Bertz CT molecular complexity index is 917. The maximum atomic E-state index is 12.5. The molecule has 0 unspecified atom stereocenters. The van der Waals surface area contributed by atoms with Crippen molar-refractivity contribution in [3.8, 4) is 5.69 Å². The molecule has 0 aliphatic carbocycles. The molecule has 0 saturated heterocycles. The number of hydrogen-bond donors (Lipinski definition) is 1. The number of amides is 1. The number of anilines is 1. The van der Waals surface area contributed by atoms with E-state index in [0.29, 0.717) is 10.8 Å². The lowest BCUT2D eigenvalue weighted by molar-refractivity contribution is 0.102. The zero-order chi connectivity index (χ0) is 18.0. The van der Waals surface area contributed by atoms with E-state index in [1.54, 1.807) is 18.7 Å². The molecule has 0 saturated carbocycles. The highest BCUT2D eigenvalue weighted by atomic mass is 32.2. The van der Waals surface area contributed by atoms with Crippen molar-refractivity contribution in [3.05, 3.63) is 40.7 Å². The van der Waals surface area contributed by atoms with Gasteiger partial charge in [-0.25, -0.2) is 0 Å². The van der Waals surface area contributed by atoms with Gasteiger partial charge in [0.25, 0.3) is 5.91 Å². The van der Waals surface area contributed by atoms with E-state index < -0.39 is 0 Å². The van der Waals surface area contributed by atoms with Gasteiger partial charge in [-0.05, 0) is 38.2 Å². The highest BCUT2D eigenvalue weighted by Gasteiger charge is 2.19. The predicted octanol–water partition coefficient (Wildman–Crippen LogP) is 3.41. The van der Waals surface area contributed by atoms with E-state index in [4.69, 9.17) is 0 Å². The normalized spacial score (nSPS) is 10.9. The van der Waals surface area contributed by atoms with Gasteiger partial charge in [0.15, 0.2) is 10.0 Å². The maximum absolute atomic E-state index is 12.5. The van der Waals surface area contributed by atoms with Crippen molar-refractivity contribution in [2.45, 2.75) is 32.0 Å². The number of thioether (sulfide) groups is 1. The molecule has 0 aliphatic heterocycles. The molecule has 0 radical (unpaired) electrons. The molecule has 1 amide bonds. The Balaban J connectivity index is 1.82. The van der Waals surface area contributed by atoms with Crippen molar-refractivity contribution in [1.82, 2.24) is 25.2 Å². The van der Waals surface area contributed by atoms with E-state index >= 15 is 0 Å². The Morgan fingerprint density at radius 3 is 2.76 bits per heavy atom. The van der Waals surface area contributed by atoms with Crippen LogP contribution in [0.5, 0.6) is 0 Å². The third-order valence-electron chi connectivity index (χ3n) is 3.46. The van der Waals surface area contributed by atoms with Crippen LogP contribution in [0.3, 0.4) is 0 Å². The average molecular weight is 374 g/mol. The van der Waals surface area contributed by atoms with E-state index in [9.17, 15) is 4.79 Å². The summed E-state index contributed by atoms with van der Waals surface area (Å²) in [6, 6.07) is 6.00. The minimum atomic E-state index is -0.335. The van der Waals surface area contributed by atoms with Crippen LogP contribution in [-0.2, 0) is 0 Å². The number of rotatable bonds is 5. The molecule has 0 spiro atoms. The number of nitrogens with zero attached hydrogens (tertiary/aromatic N) is 5. The van der Waals surface area contributed by atoms with E-state index in [1.807, 2.05) is 32.9 Å². The summed E-state index contributed by atoms with van der Waals surface area (Å²) < 4.78 is 0.827. The molecule has 0 fully saturated rings. The number of carbonyl (C=O) groups is 1. The highest BCUT2D eigenvalue weighted by Crippen LogP contribution is 2.25. The summed E-state index contributed by atoms with van der Waals surface area (Å²) in [6.07, 6.45) is 0. The summed E-state index contributed by atoms with van der Waals surface area (Å²) >= 11 is 2.94. The Kier molecular flexibility index (Phi) is 5.14. The number of aryl methyl sites for hydroxylation is 3. The Hall–Kier alpha value is -2.26. The molecule has 0 atom stereocenters. The smallest absolute Gasteiger partial charge is 0.279 e. The number of hydrogen-bond acceptors (Lipinski definition) is 7. The molecule has 0 bridgehead atoms. The predicted molar refractivity (Wildman–Crippen MR) is 99.8 cm³/mol. The molecule has 0 aliphatic rings. The van der Waals surface area contributed by atoms with Crippen molar-refractivity contribution >= 4 is 34.1 Å². The van der Waals surface area contributed by atoms with Crippen molar-refractivity contribution in [1.29, 1.82) is 0 Å². The van der Waals surface area contributed by atoms with Gasteiger partial charge in [-0.15, -0.1) is 15.3 Å². The summed E-state index contributed by atoms with van der Waals surface area (Å²) in [4.78, 5) is 14.0. The maximum Gasteiger partial charge on any atom is 0.279 e. The molecule has 3 aromatic rings. The molecule has 1 aromatic carbocycles. The fourth-order valence-electron chi connectivity index (χ4n) is 2.32. The number of nitrogens with one attached hydrogen (secondary N) is 1. The first-order chi connectivity index (χ1) is 12.0. The van der Waals surface area contributed by atoms with Crippen LogP contribution in [0.4, 0.5) is 5.13 Å². The van der Waals surface area contributed by atoms with E-state index in [2.05, 4.69) is 31.8 Å². The fraction of sp³-hybridized carbons (Fsp3) is 0.312. The van der Waals surface area contributed by atoms with Crippen molar-refractivity contribution < 1.29 is 4.79 Å². The summed E-state index contributed by atoms with van der Waals surface area (Å²) in [7, 11) is 0. The van der Waals surface area contributed by atoms with Gasteiger partial charge >= 0.3 is 0 Å². The second-order valence-electron chi connectivity index (χ2n) is 5.47. The first-order valence-electron chi connectivity index (χ1n) is 7.77. The third kappa shape index (κ3) is 3.88. The van der Waals surface area contributed by atoms with Crippen LogP contribution in [0, 0.1) is 20.8 Å².